The molecule has 1 aliphatic rings. The van der Waals surface area contributed by atoms with Crippen LogP contribution < -0.4 is 4.74 Å². The van der Waals surface area contributed by atoms with Gasteiger partial charge in [0.2, 0.25) is 10.0 Å². The number of methoxy groups -OCH3 is 1. The number of benzene rings is 1. The quantitative estimate of drug-likeness (QED) is 0.561. The van der Waals surface area contributed by atoms with Crippen LogP contribution in [0.4, 0.5) is 0 Å². The molecule has 0 aromatic heterocycles. The van der Waals surface area contributed by atoms with Gasteiger partial charge in [0.15, 0.2) is 6.61 Å². The van der Waals surface area contributed by atoms with Gasteiger partial charge in [0.1, 0.15) is 11.3 Å². The molecular formula is C22H34N2O6S. The molecule has 1 saturated heterocycles. The molecule has 0 saturated carbocycles. The lowest BCUT2D eigenvalue weighted by Gasteiger charge is -2.30. The van der Waals surface area contributed by atoms with Crippen LogP contribution >= 0.6 is 0 Å². The van der Waals surface area contributed by atoms with Crippen molar-refractivity contribution in [2.24, 2.45) is 0 Å². The van der Waals surface area contributed by atoms with E-state index >= 15 is 0 Å². The Hall–Kier alpha value is -2.13. The first-order chi connectivity index (χ1) is 14.6. The van der Waals surface area contributed by atoms with Crippen LogP contribution in [0.5, 0.6) is 5.75 Å². The second-order valence-corrected chi connectivity index (χ2v) is 10.2. The van der Waals surface area contributed by atoms with E-state index in [1.807, 2.05) is 27.7 Å². The zero-order valence-electron chi connectivity index (χ0n) is 19.1. The molecule has 1 aliphatic heterocycles. The minimum atomic E-state index is -3.74. The molecule has 9 heteroatoms. The molecule has 1 aromatic rings. The first-order valence-corrected chi connectivity index (χ1v) is 12.2. The predicted octanol–water partition coefficient (Wildman–Crippen LogP) is 3.06. The molecule has 0 atom stereocenters. The summed E-state index contributed by atoms with van der Waals surface area (Å²) < 4.78 is 38.1. The highest BCUT2D eigenvalue weighted by Crippen LogP contribution is 2.27. The fraction of sp³-hybridized carbons (Fsp3) is 0.636. The average molecular weight is 455 g/mol. The Morgan fingerprint density at radius 3 is 2.13 bits per heavy atom. The Morgan fingerprint density at radius 2 is 1.61 bits per heavy atom. The number of rotatable bonds is 8. The maximum Gasteiger partial charge on any atom is 0.342 e. The third kappa shape index (κ3) is 6.20. The van der Waals surface area contributed by atoms with Crippen LogP contribution in [0.2, 0.25) is 0 Å². The fourth-order valence-corrected chi connectivity index (χ4v) is 5.43. The van der Waals surface area contributed by atoms with Crippen LogP contribution in [0.25, 0.3) is 0 Å². The third-order valence-electron chi connectivity index (χ3n) is 5.32. The standard InChI is InChI=1S/C22H34N2O6S/c1-16(2)24(17(3)4)21(25)15-30-22(26)19-14-18(10-11-20(19)29-5)31(27,28)23-12-8-6-7-9-13-23/h10-11,14,16-17H,6-9,12-13,15H2,1-5H3. The molecule has 1 aromatic carbocycles. The van der Waals surface area contributed by atoms with Gasteiger partial charge in [-0.15, -0.1) is 0 Å². The summed E-state index contributed by atoms with van der Waals surface area (Å²) >= 11 is 0. The van der Waals surface area contributed by atoms with Gasteiger partial charge in [-0.25, -0.2) is 13.2 Å². The highest BCUT2D eigenvalue weighted by atomic mass is 32.2. The van der Waals surface area contributed by atoms with Crippen molar-refractivity contribution in [1.29, 1.82) is 0 Å². The number of ether oxygens (including phenoxy) is 2. The van der Waals surface area contributed by atoms with Crippen LogP contribution in [0, 0.1) is 0 Å². The number of carbonyl (C=O) groups excluding carboxylic acids is 2. The van der Waals surface area contributed by atoms with E-state index in [0.717, 1.165) is 25.7 Å². The van der Waals surface area contributed by atoms with Gasteiger partial charge in [0, 0.05) is 25.2 Å². The number of carbonyl (C=O) groups is 2. The van der Waals surface area contributed by atoms with Gasteiger partial charge in [-0.2, -0.15) is 4.31 Å². The van der Waals surface area contributed by atoms with Crippen LogP contribution in [0.1, 0.15) is 63.7 Å². The van der Waals surface area contributed by atoms with Crippen molar-refractivity contribution < 1.29 is 27.5 Å². The largest absolute Gasteiger partial charge is 0.496 e. The Kier molecular flexibility index (Phi) is 8.88. The molecule has 0 bridgehead atoms. The van der Waals surface area contributed by atoms with Gasteiger partial charge in [0.05, 0.1) is 12.0 Å². The molecule has 0 N–H and O–H groups in total. The molecule has 2 rings (SSSR count). The van der Waals surface area contributed by atoms with Crippen molar-refractivity contribution in [2.45, 2.75) is 70.4 Å². The highest BCUT2D eigenvalue weighted by Gasteiger charge is 2.28. The van der Waals surface area contributed by atoms with E-state index in [2.05, 4.69) is 0 Å². The smallest absolute Gasteiger partial charge is 0.342 e. The van der Waals surface area contributed by atoms with Crippen molar-refractivity contribution in [1.82, 2.24) is 9.21 Å². The zero-order chi connectivity index (χ0) is 23.2. The van der Waals surface area contributed by atoms with E-state index in [9.17, 15) is 18.0 Å². The average Bonchev–Trinajstić information content (AvgIpc) is 3.01. The van der Waals surface area contributed by atoms with E-state index in [4.69, 9.17) is 9.47 Å². The molecule has 1 heterocycles. The Bertz CT molecular complexity index is 866. The van der Waals surface area contributed by atoms with Crippen LogP contribution in [0.3, 0.4) is 0 Å². The molecule has 0 aliphatic carbocycles. The highest BCUT2D eigenvalue weighted by molar-refractivity contribution is 7.89. The summed E-state index contributed by atoms with van der Waals surface area (Å²) in [6, 6.07) is 4.07. The van der Waals surface area contributed by atoms with Crippen LogP contribution in [0.15, 0.2) is 23.1 Å². The summed E-state index contributed by atoms with van der Waals surface area (Å²) in [6.45, 7) is 8.05. The number of nitrogens with zero attached hydrogens (tertiary/aromatic N) is 2. The van der Waals surface area contributed by atoms with E-state index in [1.54, 1.807) is 4.90 Å². The molecule has 0 spiro atoms. The summed E-state index contributed by atoms with van der Waals surface area (Å²) in [5.74, 6) is -0.923. The Morgan fingerprint density at radius 1 is 1.03 bits per heavy atom. The Balaban J connectivity index is 2.23. The lowest BCUT2D eigenvalue weighted by molar-refractivity contribution is -0.138. The van der Waals surface area contributed by atoms with E-state index in [1.165, 1.54) is 29.6 Å². The maximum absolute atomic E-state index is 13.1. The van der Waals surface area contributed by atoms with Crippen LogP contribution in [-0.2, 0) is 19.6 Å². The second kappa shape index (κ2) is 10.9. The second-order valence-electron chi connectivity index (χ2n) is 8.25. The number of esters is 1. The first-order valence-electron chi connectivity index (χ1n) is 10.8. The summed E-state index contributed by atoms with van der Waals surface area (Å²) in [5.41, 5.74) is -0.0214. The van der Waals surface area contributed by atoms with Gasteiger partial charge in [0.25, 0.3) is 5.91 Å². The molecule has 31 heavy (non-hydrogen) atoms. The molecule has 174 valence electrons. The number of hydrogen-bond donors (Lipinski definition) is 0. The van der Waals surface area contributed by atoms with E-state index in [0.29, 0.717) is 13.1 Å². The zero-order valence-corrected chi connectivity index (χ0v) is 19.9. The van der Waals surface area contributed by atoms with Gasteiger partial charge in [-0.05, 0) is 58.7 Å². The Labute approximate surface area is 185 Å². The van der Waals surface area contributed by atoms with Crippen LogP contribution in [-0.4, -0.2) is 68.4 Å². The third-order valence-corrected chi connectivity index (χ3v) is 7.22. The molecule has 1 amide bonds. The fourth-order valence-electron chi connectivity index (χ4n) is 3.89. The topological polar surface area (TPSA) is 93.2 Å². The molecular weight excluding hydrogens is 420 g/mol. The number of amides is 1. The summed E-state index contributed by atoms with van der Waals surface area (Å²) in [7, 11) is -2.35. The van der Waals surface area contributed by atoms with Crippen molar-refractivity contribution in [3.8, 4) is 5.75 Å². The van der Waals surface area contributed by atoms with E-state index in [-0.39, 0.29) is 34.2 Å². The van der Waals surface area contributed by atoms with Crippen molar-refractivity contribution in [3.05, 3.63) is 23.8 Å². The minimum absolute atomic E-state index is 0.0134. The number of sulfonamides is 1. The van der Waals surface area contributed by atoms with Crippen molar-refractivity contribution in [3.63, 3.8) is 0 Å². The summed E-state index contributed by atoms with van der Waals surface area (Å²) in [4.78, 5) is 26.9. The van der Waals surface area contributed by atoms with Gasteiger partial charge in [-0.3, -0.25) is 4.79 Å². The number of hydrogen-bond acceptors (Lipinski definition) is 6. The maximum atomic E-state index is 13.1. The summed E-state index contributed by atoms with van der Waals surface area (Å²) in [6.07, 6.45) is 3.64. The monoisotopic (exact) mass is 454 g/mol. The molecule has 0 radical (unpaired) electrons. The minimum Gasteiger partial charge on any atom is -0.496 e. The van der Waals surface area contributed by atoms with Gasteiger partial charge in [-0.1, -0.05) is 12.8 Å². The SMILES string of the molecule is COc1ccc(S(=O)(=O)N2CCCCCC2)cc1C(=O)OCC(=O)N(C(C)C)C(C)C. The van der Waals surface area contributed by atoms with Crippen molar-refractivity contribution in [2.75, 3.05) is 26.8 Å². The first kappa shape index (κ1) is 25.1. The lowest BCUT2D eigenvalue weighted by atomic mass is 10.2. The van der Waals surface area contributed by atoms with Gasteiger partial charge < -0.3 is 14.4 Å². The molecule has 0 unspecified atom stereocenters. The normalized spacial score (nSPS) is 15.6. The summed E-state index contributed by atoms with van der Waals surface area (Å²) in [5, 5.41) is 0. The molecule has 8 nitrogen and oxygen atoms in total. The lowest BCUT2D eigenvalue weighted by Crippen LogP contribution is -2.44. The van der Waals surface area contributed by atoms with E-state index < -0.39 is 22.6 Å². The van der Waals surface area contributed by atoms with Gasteiger partial charge >= 0.3 is 5.97 Å². The molecule has 1 fully saturated rings. The predicted molar refractivity (Wildman–Crippen MR) is 118 cm³/mol. The van der Waals surface area contributed by atoms with Crippen molar-refractivity contribution >= 4 is 21.9 Å².